The number of benzene rings is 2. The molecular weight excluding hydrogens is 292 g/mol. The molecular formula is C23H30O. The molecule has 0 unspecified atom stereocenters. The summed E-state index contributed by atoms with van der Waals surface area (Å²) in [5.74, 6) is 0.126. The third-order valence-electron chi connectivity index (χ3n) is 5.58. The van der Waals surface area contributed by atoms with Crippen LogP contribution < -0.4 is 0 Å². The molecule has 2 aromatic carbocycles. The maximum Gasteiger partial charge on any atom is 0.193 e. The van der Waals surface area contributed by atoms with E-state index in [0.717, 1.165) is 29.5 Å². The van der Waals surface area contributed by atoms with Crippen LogP contribution in [0.1, 0.15) is 81.4 Å². The second kappa shape index (κ2) is 6.93. The van der Waals surface area contributed by atoms with Gasteiger partial charge in [0.2, 0.25) is 0 Å². The van der Waals surface area contributed by atoms with Gasteiger partial charge in [0.05, 0.1) is 0 Å². The van der Waals surface area contributed by atoms with Crippen LogP contribution in [0.2, 0.25) is 0 Å². The fourth-order valence-corrected chi connectivity index (χ4v) is 2.88. The molecule has 24 heavy (non-hydrogen) atoms. The highest BCUT2D eigenvalue weighted by molar-refractivity contribution is 6.10. The first-order valence-electron chi connectivity index (χ1n) is 8.97. The summed E-state index contributed by atoms with van der Waals surface area (Å²) in [7, 11) is 0. The quantitative estimate of drug-likeness (QED) is 0.571. The van der Waals surface area contributed by atoms with Gasteiger partial charge >= 0.3 is 0 Å². The van der Waals surface area contributed by atoms with Gasteiger partial charge in [-0.15, -0.1) is 0 Å². The molecule has 0 saturated heterocycles. The van der Waals surface area contributed by atoms with Crippen molar-refractivity contribution >= 4 is 5.78 Å². The van der Waals surface area contributed by atoms with E-state index in [1.165, 1.54) is 5.56 Å². The first-order chi connectivity index (χ1) is 11.2. The average Bonchev–Trinajstić information content (AvgIpc) is 2.61. The Balaban J connectivity index is 2.64. The molecule has 0 spiro atoms. The molecule has 0 radical (unpaired) electrons. The third-order valence-corrected chi connectivity index (χ3v) is 5.58. The lowest BCUT2D eigenvalue weighted by Gasteiger charge is -2.29. The molecule has 2 rings (SSSR count). The molecule has 0 aliphatic heterocycles. The Kier molecular flexibility index (Phi) is 5.32. The van der Waals surface area contributed by atoms with E-state index in [2.05, 4.69) is 59.7 Å². The lowest BCUT2D eigenvalue weighted by Crippen LogP contribution is -2.23. The fraction of sp³-hybridized carbons (Fsp3) is 0.435. The van der Waals surface area contributed by atoms with Crippen LogP contribution in [0.15, 0.2) is 48.5 Å². The summed E-state index contributed by atoms with van der Waals surface area (Å²) >= 11 is 0. The van der Waals surface area contributed by atoms with E-state index in [4.69, 9.17) is 0 Å². The molecule has 0 heterocycles. The summed E-state index contributed by atoms with van der Waals surface area (Å²) < 4.78 is 0. The zero-order chi connectivity index (χ0) is 18.0. The van der Waals surface area contributed by atoms with Gasteiger partial charge in [-0.1, -0.05) is 84.0 Å². The number of carbonyl (C=O) groups excluding carboxylic acids is 1. The topological polar surface area (TPSA) is 17.1 Å². The van der Waals surface area contributed by atoms with Crippen molar-refractivity contribution in [2.45, 2.75) is 65.2 Å². The number of carbonyl (C=O) groups is 1. The molecule has 0 fully saturated rings. The summed E-state index contributed by atoms with van der Waals surface area (Å²) in [6.45, 7) is 13.3. The van der Waals surface area contributed by atoms with Gasteiger partial charge in [-0.2, -0.15) is 0 Å². The van der Waals surface area contributed by atoms with Gasteiger partial charge < -0.3 is 0 Å². The highest BCUT2D eigenvalue weighted by atomic mass is 16.1. The number of hydrogen-bond acceptors (Lipinski definition) is 1. The van der Waals surface area contributed by atoms with Gasteiger partial charge in [0.25, 0.3) is 0 Å². The SMILES string of the molecule is CCC(C)(C)c1ccc(C(C)(C)CC)c(C(=O)c2ccccc2)c1. The largest absolute Gasteiger partial charge is 0.289 e. The smallest absolute Gasteiger partial charge is 0.193 e. The molecule has 0 N–H and O–H groups in total. The predicted octanol–water partition coefficient (Wildman–Crippen LogP) is 6.29. The van der Waals surface area contributed by atoms with Crippen molar-refractivity contribution in [3.8, 4) is 0 Å². The van der Waals surface area contributed by atoms with E-state index < -0.39 is 0 Å². The van der Waals surface area contributed by atoms with Gasteiger partial charge in [-0.25, -0.2) is 0 Å². The molecule has 128 valence electrons. The standard InChI is InChI=1S/C23H30O/c1-7-22(3,4)18-14-15-20(23(5,6)8-2)19(16-18)21(24)17-12-10-9-11-13-17/h9-16H,7-8H2,1-6H3. The van der Waals surface area contributed by atoms with E-state index in [9.17, 15) is 4.79 Å². The predicted molar refractivity (Wildman–Crippen MR) is 103 cm³/mol. The van der Waals surface area contributed by atoms with Crippen LogP contribution in [-0.4, -0.2) is 5.78 Å². The molecule has 0 amide bonds. The molecule has 2 aromatic rings. The lowest BCUT2D eigenvalue weighted by atomic mass is 9.74. The zero-order valence-corrected chi connectivity index (χ0v) is 15.9. The van der Waals surface area contributed by atoms with Crippen molar-refractivity contribution in [1.82, 2.24) is 0 Å². The number of ketones is 1. The van der Waals surface area contributed by atoms with Crippen LogP contribution in [0.25, 0.3) is 0 Å². The minimum Gasteiger partial charge on any atom is -0.289 e. The molecule has 0 atom stereocenters. The highest BCUT2D eigenvalue weighted by Crippen LogP contribution is 2.35. The first-order valence-corrected chi connectivity index (χ1v) is 8.97. The summed E-state index contributed by atoms with van der Waals surface area (Å²) in [5, 5.41) is 0. The molecule has 0 saturated carbocycles. The fourth-order valence-electron chi connectivity index (χ4n) is 2.88. The van der Waals surface area contributed by atoms with Gasteiger partial charge in [0.15, 0.2) is 5.78 Å². The van der Waals surface area contributed by atoms with Crippen molar-refractivity contribution in [2.24, 2.45) is 0 Å². The Hall–Kier alpha value is -1.89. The summed E-state index contributed by atoms with van der Waals surface area (Å²) in [4.78, 5) is 13.2. The molecule has 0 aliphatic carbocycles. The first kappa shape index (κ1) is 18.4. The Morgan fingerprint density at radius 3 is 1.96 bits per heavy atom. The van der Waals surface area contributed by atoms with E-state index >= 15 is 0 Å². The number of hydrogen-bond donors (Lipinski definition) is 0. The van der Waals surface area contributed by atoms with Gasteiger partial charge in [0.1, 0.15) is 0 Å². The molecule has 1 nitrogen and oxygen atoms in total. The molecule has 0 aromatic heterocycles. The van der Waals surface area contributed by atoms with E-state index in [-0.39, 0.29) is 16.6 Å². The van der Waals surface area contributed by atoms with Gasteiger partial charge in [-0.3, -0.25) is 4.79 Å². The molecule has 0 bridgehead atoms. The van der Waals surface area contributed by atoms with Crippen LogP contribution in [0.4, 0.5) is 0 Å². The zero-order valence-electron chi connectivity index (χ0n) is 15.9. The van der Waals surface area contributed by atoms with E-state index in [0.29, 0.717) is 0 Å². The third kappa shape index (κ3) is 3.61. The molecule has 1 heteroatoms. The minimum atomic E-state index is -0.0192. The highest BCUT2D eigenvalue weighted by Gasteiger charge is 2.27. The van der Waals surface area contributed by atoms with Gasteiger partial charge in [-0.05, 0) is 40.9 Å². The van der Waals surface area contributed by atoms with E-state index in [1.807, 2.05) is 30.3 Å². The lowest BCUT2D eigenvalue weighted by molar-refractivity contribution is 0.103. The van der Waals surface area contributed by atoms with Crippen molar-refractivity contribution in [1.29, 1.82) is 0 Å². The van der Waals surface area contributed by atoms with Crippen molar-refractivity contribution in [3.05, 3.63) is 70.8 Å². The second-order valence-electron chi connectivity index (χ2n) is 7.93. The normalized spacial score (nSPS) is 12.2. The molecule has 0 aliphatic rings. The minimum absolute atomic E-state index is 0.0192. The van der Waals surface area contributed by atoms with Crippen molar-refractivity contribution in [2.75, 3.05) is 0 Å². The number of rotatable bonds is 6. The monoisotopic (exact) mass is 322 g/mol. The van der Waals surface area contributed by atoms with Crippen LogP contribution >= 0.6 is 0 Å². The average molecular weight is 322 g/mol. The second-order valence-corrected chi connectivity index (χ2v) is 7.93. The Bertz CT molecular complexity index is 708. The summed E-state index contributed by atoms with van der Waals surface area (Å²) in [6, 6.07) is 16.1. The van der Waals surface area contributed by atoms with Gasteiger partial charge in [0, 0.05) is 11.1 Å². The van der Waals surface area contributed by atoms with E-state index in [1.54, 1.807) is 0 Å². The Morgan fingerprint density at radius 2 is 1.42 bits per heavy atom. The van der Waals surface area contributed by atoms with Crippen LogP contribution in [-0.2, 0) is 10.8 Å². The van der Waals surface area contributed by atoms with Crippen molar-refractivity contribution in [3.63, 3.8) is 0 Å². The maximum atomic E-state index is 13.2. The Morgan fingerprint density at radius 1 is 0.833 bits per heavy atom. The van der Waals surface area contributed by atoms with Crippen LogP contribution in [0.3, 0.4) is 0 Å². The summed E-state index contributed by atoms with van der Waals surface area (Å²) in [5.41, 5.74) is 4.05. The summed E-state index contributed by atoms with van der Waals surface area (Å²) in [6.07, 6.45) is 2.04. The van der Waals surface area contributed by atoms with Crippen LogP contribution in [0, 0.1) is 0 Å². The van der Waals surface area contributed by atoms with Crippen LogP contribution in [0.5, 0.6) is 0 Å². The maximum absolute atomic E-state index is 13.2. The van der Waals surface area contributed by atoms with Crippen molar-refractivity contribution < 1.29 is 4.79 Å². The Labute approximate surface area is 147 Å².